The number of benzene rings is 3. The molecule has 1 unspecified atom stereocenters. The molecule has 4 N–H and O–H groups in total. The Kier molecular flexibility index (Phi) is 7.45. The molecule has 10 heteroatoms. The molecule has 9 nitrogen and oxygen atoms in total. The van der Waals surface area contributed by atoms with Crippen LogP contribution in [0.2, 0.25) is 0 Å². The Morgan fingerprint density at radius 3 is 2.74 bits per heavy atom. The van der Waals surface area contributed by atoms with Crippen molar-refractivity contribution in [3.63, 3.8) is 0 Å². The standard InChI is InChI=1S/C32H30FN5O4/c1-2-19-14-24(29(33)26(15-19)42-28-11-13-41-28)30(36-22-8-9-23-21(16-22)10-12-35-31(23)34)32-37-25(17-38(32)18-27(39)40)20-6-4-3-5-7-20/h3-10,12,14-17,28,30,36H,2,11,13,18H2,1H3,(H2,34,35)(H,39,40)/t28-,30?/m1/s1. The quantitative estimate of drug-likeness (QED) is 0.194. The molecule has 1 saturated heterocycles. The molecule has 1 fully saturated rings. The van der Waals surface area contributed by atoms with Crippen LogP contribution < -0.4 is 15.8 Å². The molecule has 42 heavy (non-hydrogen) atoms. The van der Waals surface area contributed by atoms with Gasteiger partial charge in [0.05, 0.1) is 12.3 Å². The Balaban J connectivity index is 1.52. The van der Waals surface area contributed by atoms with Crippen molar-refractivity contribution < 1.29 is 23.8 Å². The second-order valence-corrected chi connectivity index (χ2v) is 10.1. The fourth-order valence-electron chi connectivity index (χ4n) is 5.05. The van der Waals surface area contributed by atoms with Crippen molar-refractivity contribution in [3.8, 4) is 17.0 Å². The molecule has 3 heterocycles. The molecular weight excluding hydrogens is 537 g/mol. The van der Waals surface area contributed by atoms with Gasteiger partial charge in [0.15, 0.2) is 11.6 Å². The number of aliphatic carboxylic acids is 1. The number of nitrogens with one attached hydrogen (secondary N) is 1. The number of nitrogens with zero attached hydrogens (tertiary/aromatic N) is 3. The Labute approximate surface area is 241 Å². The predicted molar refractivity (Wildman–Crippen MR) is 158 cm³/mol. The summed E-state index contributed by atoms with van der Waals surface area (Å²) >= 11 is 0. The van der Waals surface area contributed by atoms with E-state index in [2.05, 4.69) is 10.3 Å². The highest BCUT2D eigenvalue weighted by Crippen LogP contribution is 2.36. The summed E-state index contributed by atoms with van der Waals surface area (Å²) < 4.78 is 29.2. The van der Waals surface area contributed by atoms with Gasteiger partial charge in [0.2, 0.25) is 6.29 Å². The molecule has 0 saturated carbocycles. The number of halogens is 1. The minimum Gasteiger partial charge on any atom is -0.480 e. The Hall–Kier alpha value is -4.96. The van der Waals surface area contributed by atoms with Crippen LogP contribution in [0, 0.1) is 5.82 Å². The highest BCUT2D eigenvalue weighted by Gasteiger charge is 2.29. The van der Waals surface area contributed by atoms with Gasteiger partial charge in [-0.1, -0.05) is 43.3 Å². The van der Waals surface area contributed by atoms with Crippen LogP contribution in [0.15, 0.2) is 79.1 Å². The summed E-state index contributed by atoms with van der Waals surface area (Å²) in [6.07, 6.45) is 4.10. The zero-order valence-corrected chi connectivity index (χ0v) is 23.0. The molecular formula is C32H30FN5O4. The average molecular weight is 568 g/mol. The van der Waals surface area contributed by atoms with Crippen molar-refractivity contribution in [1.29, 1.82) is 0 Å². The summed E-state index contributed by atoms with van der Waals surface area (Å²) in [5.74, 6) is -0.793. The molecule has 6 rings (SSSR count). The predicted octanol–water partition coefficient (Wildman–Crippen LogP) is 5.79. The number of ether oxygens (including phenoxy) is 2. The first kappa shape index (κ1) is 27.2. The van der Waals surface area contributed by atoms with Crippen molar-refractivity contribution in [2.75, 3.05) is 17.7 Å². The second kappa shape index (κ2) is 11.5. The van der Waals surface area contributed by atoms with Crippen LogP contribution in [0.1, 0.15) is 36.3 Å². The number of aromatic nitrogens is 3. The van der Waals surface area contributed by atoms with Gasteiger partial charge in [0, 0.05) is 41.0 Å². The number of pyridine rings is 1. The van der Waals surface area contributed by atoms with Gasteiger partial charge in [0.25, 0.3) is 0 Å². The topological polar surface area (TPSA) is 125 Å². The van der Waals surface area contributed by atoms with Gasteiger partial charge in [-0.3, -0.25) is 4.79 Å². The van der Waals surface area contributed by atoms with Gasteiger partial charge < -0.3 is 30.2 Å². The van der Waals surface area contributed by atoms with Crippen LogP contribution in [-0.4, -0.2) is 38.5 Å². The van der Waals surface area contributed by atoms with Crippen LogP contribution in [0.3, 0.4) is 0 Å². The lowest BCUT2D eigenvalue weighted by molar-refractivity contribution is -0.166. The summed E-state index contributed by atoms with van der Waals surface area (Å²) in [6, 6.07) is 19.4. The fraction of sp³-hybridized carbons (Fsp3) is 0.219. The van der Waals surface area contributed by atoms with Gasteiger partial charge in [-0.2, -0.15) is 0 Å². The number of hydrogen-bond donors (Lipinski definition) is 3. The van der Waals surface area contributed by atoms with Crippen LogP contribution in [-0.2, 0) is 22.5 Å². The smallest absolute Gasteiger partial charge is 0.323 e. The third-order valence-corrected chi connectivity index (χ3v) is 7.31. The first-order valence-electron chi connectivity index (χ1n) is 13.7. The maximum atomic E-state index is 16.4. The van der Waals surface area contributed by atoms with Crippen LogP contribution in [0.4, 0.5) is 15.9 Å². The number of carboxylic acid groups (broad SMARTS) is 1. The Morgan fingerprint density at radius 2 is 2.02 bits per heavy atom. The molecule has 5 aromatic rings. The van der Waals surface area contributed by atoms with Crippen molar-refractivity contribution >= 4 is 28.2 Å². The number of nitrogens with two attached hydrogens (primary N) is 1. The van der Waals surface area contributed by atoms with E-state index in [-0.39, 0.29) is 17.9 Å². The van der Waals surface area contributed by atoms with E-state index in [0.717, 1.165) is 21.9 Å². The molecule has 1 aliphatic heterocycles. The maximum absolute atomic E-state index is 16.4. The highest BCUT2D eigenvalue weighted by molar-refractivity contribution is 5.93. The van der Waals surface area contributed by atoms with Crippen molar-refractivity contribution in [2.45, 2.75) is 38.6 Å². The van der Waals surface area contributed by atoms with Gasteiger partial charge in [0.1, 0.15) is 24.2 Å². The molecule has 0 bridgehead atoms. The van der Waals surface area contributed by atoms with Gasteiger partial charge in [-0.15, -0.1) is 0 Å². The molecule has 0 amide bonds. The second-order valence-electron chi connectivity index (χ2n) is 10.1. The van der Waals surface area contributed by atoms with E-state index in [1.54, 1.807) is 29.1 Å². The third kappa shape index (κ3) is 5.48. The molecule has 2 aromatic heterocycles. The molecule has 0 spiro atoms. The summed E-state index contributed by atoms with van der Waals surface area (Å²) in [7, 11) is 0. The van der Waals surface area contributed by atoms with Gasteiger partial charge in [-0.25, -0.2) is 14.4 Å². The maximum Gasteiger partial charge on any atom is 0.323 e. The summed E-state index contributed by atoms with van der Waals surface area (Å²) in [5, 5.41) is 14.8. The monoisotopic (exact) mass is 567 g/mol. The molecule has 2 atom stereocenters. The summed E-state index contributed by atoms with van der Waals surface area (Å²) in [5.41, 5.74) is 9.23. The van der Waals surface area contributed by atoms with E-state index in [1.807, 2.05) is 61.5 Å². The Bertz CT molecular complexity index is 1750. The van der Waals surface area contributed by atoms with E-state index < -0.39 is 24.1 Å². The number of aryl methyl sites for hydroxylation is 1. The fourth-order valence-corrected chi connectivity index (χ4v) is 5.05. The molecule has 0 radical (unpaired) electrons. The number of anilines is 2. The number of hydrogen-bond acceptors (Lipinski definition) is 7. The normalized spacial score (nSPS) is 15.2. The average Bonchev–Trinajstić information content (AvgIpc) is 3.38. The molecule has 0 aliphatic carbocycles. The minimum atomic E-state index is -1.05. The lowest BCUT2D eigenvalue weighted by Gasteiger charge is -2.28. The minimum absolute atomic E-state index is 0.0813. The van der Waals surface area contributed by atoms with Crippen LogP contribution in [0.5, 0.6) is 5.75 Å². The number of rotatable bonds is 10. The van der Waals surface area contributed by atoms with E-state index in [0.29, 0.717) is 42.5 Å². The number of carboxylic acids is 1. The van der Waals surface area contributed by atoms with Crippen LogP contribution in [0.25, 0.3) is 22.0 Å². The van der Waals surface area contributed by atoms with E-state index in [9.17, 15) is 9.90 Å². The largest absolute Gasteiger partial charge is 0.480 e. The van der Waals surface area contributed by atoms with Crippen molar-refractivity contribution in [3.05, 3.63) is 102 Å². The van der Waals surface area contributed by atoms with Gasteiger partial charge in [-0.05, 0) is 47.7 Å². The molecule has 1 aliphatic rings. The number of nitrogen functional groups attached to an aromatic ring is 1. The first-order chi connectivity index (χ1) is 20.4. The number of imidazole rings is 1. The number of carbonyl (C=O) groups is 1. The van der Waals surface area contributed by atoms with Crippen molar-refractivity contribution in [2.24, 2.45) is 0 Å². The zero-order valence-electron chi connectivity index (χ0n) is 23.0. The lowest BCUT2D eigenvalue weighted by Crippen LogP contribution is -2.32. The first-order valence-corrected chi connectivity index (χ1v) is 13.7. The molecule has 3 aromatic carbocycles. The summed E-state index contributed by atoms with van der Waals surface area (Å²) in [6.45, 7) is 2.18. The lowest BCUT2D eigenvalue weighted by atomic mass is 9.99. The molecule has 214 valence electrons. The summed E-state index contributed by atoms with van der Waals surface area (Å²) in [4.78, 5) is 21.0. The highest BCUT2D eigenvalue weighted by atomic mass is 19.1. The SMILES string of the molecule is CCc1cc(O[C@@H]2CCO2)c(F)c(C(Nc2ccc3c(N)nccc3c2)c2nc(-c3ccccc3)cn2CC(=O)O)c1. The third-order valence-electron chi connectivity index (χ3n) is 7.31. The van der Waals surface area contributed by atoms with Crippen molar-refractivity contribution in [1.82, 2.24) is 14.5 Å². The number of fused-ring (bicyclic) bond motifs is 1. The zero-order chi connectivity index (χ0) is 29.2. The van der Waals surface area contributed by atoms with Gasteiger partial charge >= 0.3 is 5.97 Å². The van der Waals surface area contributed by atoms with E-state index in [1.165, 1.54) is 0 Å². The van der Waals surface area contributed by atoms with E-state index in [4.69, 9.17) is 20.2 Å². The Morgan fingerprint density at radius 1 is 1.21 bits per heavy atom. The van der Waals surface area contributed by atoms with Crippen LogP contribution >= 0.6 is 0 Å². The van der Waals surface area contributed by atoms with E-state index >= 15 is 4.39 Å².